The summed E-state index contributed by atoms with van der Waals surface area (Å²) in [6.45, 7) is 0.236. The van der Waals surface area contributed by atoms with Crippen LogP contribution in [0.25, 0.3) is 0 Å². The number of hydrogen-bond donors (Lipinski definition) is 2. The Labute approximate surface area is 188 Å². The lowest BCUT2D eigenvalue weighted by Crippen LogP contribution is -2.30. The highest BCUT2D eigenvalue weighted by molar-refractivity contribution is 7.91. The maximum atomic E-state index is 14.1. The van der Waals surface area contributed by atoms with Crippen molar-refractivity contribution in [2.75, 3.05) is 6.26 Å². The Hall–Kier alpha value is -2.63. The van der Waals surface area contributed by atoms with Crippen LogP contribution in [0.1, 0.15) is 66.2 Å². The molecule has 1 spiro atoms. The highest BCUT2D eigenvalue weighted by Crippen LogP contribution is 2.63. The van der Waals surface area contributed by atoms with E-state index < -0.39 is 33.1 Å². The molecule has 0 radical (unpaired) electrons. The minimum atomic E-state index is -4.76. The third-order valence-corrected chi connectivity index (χ3v) is 7.88. The molecule has 178 valence electrons. The van der Waals surface area contributed by atoms with Crippen LogP contribution in [0.4, 0.5) is 13.2 Å². The average Bonchev–Trinajstić information content (AvgIpc) is 3.58. The number of nitrogens with one attached hydrogen (secondary N) is 1. The number of rotatable bonds is 5. The molecule has 0 aromatic carbocycles. The predicted octanol–water partition coefficient (Wildman–Crippen LogP) is 3.78. The number of carbonyl (C=O) groups excluding carboxylic acids is 1. The van der Waals surface area contributed by atoms with E-state index in [-0.39, 0.29) is 34.5 Å². The van der Waals surface area contributed by atoms with E-state index in [2.05, 4.69) is 10.1 Å². The van der Waals surface area contributed by atoms with Crippen LogP contribution in [-0.4, -0.2) is 36.1 Å². The molecule has 5 rings (SSSR count). The highest BCUT2D eigenvalue weighted by atomic mass is 32.2. The first-order chi connectivity index (χ1) is 15.4. The van der Waals surface area contributed by atoms with Gasteiger partial charge in [-0.25, -0.2) is 14.0 Å². The van der Waals surface area contributed by atoms with Crippen molar-refractivity contribution in [3.05, 3.63) is 40.6 Å². The van der Waals surface area contributed by atoms with Crippen molar-refractivity contribution >= 4 is 15.6 Å². The fraction of sp³-hybridized carbons (Fsp3) is 0.571. The summed E-state index contributed by atoms with van der Waals surface area (Å²) < 4.78 is 63.7. The summed E-state index contributed by atoms with van der Waals surface area (Å²) in [5.74, 6) is -1.23. The van der Waals surface area contributed by atoms with Crippen LogP contribution in [0.15, 0.2) is 28.3 Å². The summed E-state index contributed by atoms with van der Waals surface area (Å²) in [6.07, 6.45) is 2.74. The molecule has 2 N–H and O–H groups in total. The molecule has 2 aromatic rings. The molecule has 1 amide bonds. The first-order valence-electron chi connectivity index (χ1n) is 10.8. The van der Waals surface area contributed by atoms with Gasteiger partial charge < -0.3 is 5.21 Å². The van der Waals surface area contributed by atoms with Gasteiger partial charge in [-0.05, 0) is 55.9 Å². The van der Waals surface area contributed by atoms with E-state index in [1.54, 1.807) is 0 Å². The summed E-state index contributed by atoms with van der Waals surface area (Å²) in [5.41, 5.74) is -1.33. The zero-order valence-electron chi connectivity index (χ0n) is 17.9. The minimum Gasteiger partial charge on any atom is -0.428 e. The van der Waals surface area contributed by atoms with Gasteiger partial charge in [0.1, 0.15) is 11.3 Å². The van der Waals surface area contributed by atoms with Gasteiger partial charge in [0.15, 0.2) is 5.03 Å². The van der Waals surface area contributed by atoms with Gasteiger partial charge in [-0.2, -0.15) is 23.0 Å². The van der Waals surface area contributed by atoms with Crippen LogP contribution in [0, 0.1) is 16.1 Å². The third kappa shape index (κ3) is 4.20. The number of aromatic nitrogens is 3. The molecule has 3 fully saturated rings. The lowest BCUT2D eigenvalue weighted by molar-refractivity contribution is -0.138. The number of nitrogens with zero attached hydrogens (tertiary/aromatic N) is 4. The molecule has 1 atom stereocenters. The summed E-state index contributed by atoms with van der Waals surface area (Å²) in [5, 5.41) is 13.6. The number of halogens is 3. The van der Waals surface area contributed by atoms with E-state index in [9.17, 15) is 27.4 Å². The Morgan fingerprint density at radius 2 is 2.03 bits per heavy atom. The van der Waals surface area contributed by atoms with Crippen LogP contribution >= 0.6 is 0 Å². The monoisotopic (exact) mass is 483 g/mol. The van der Waals surface area contributed by atoms with Crippen LogP contribution in [0.2, 0.25) is 0 Å². The Kier molecular flexibility index (Phi) is 4.83. The van der Waals surface area contributed by atoms with Gasteiger partial charge in [0.2, 0.25) is 0 Å². The molecule has 8 nitrogen and oxygen atoms in total. The minimum absolute atomic E-state index is 0.0915. The second-order valence-electron chi connectivity index (χ2n) is 9.67. The number of hydrogen-bond acceptors (Lipinski definition) is 5. The van der Waals surface area contributed by atoms with Crippen molar-refractivity contribution in [2.24, 2.45) is 16.3 Å². The van der Waals surface area contributed by atoms with E-state index in [1.165, 1.54) is 10.7 Å². The van der Waals surface area contributed by atoms with Crippen LogP contribution in [0.3, 0.4) is 0 Å². The third-order valence-electron chi connectivity index (χ3n) is 6.77. The van der Waals surface area contributed by atoms with Crippen LogP contribution in [-0.2, 0) is 22.5 Å². The molecule has 0 saturated heterocycles. The Morgan fingerprint density at radius 3 is 2.58 bits per heavy atom. The largest absolute Gasteiger partial charge is 0.428 e. The fourth-order valence-electron chi connectivity index (χ4n) is 4.87. The molecule has 0 bridgehead atoms. The number of alkyl halides is 3. The van der Waals surface area contributed by atoms with Gasteiger partial charge in [-0.1, -0.05) is 0 Å². The molecule has 12 heteroatoms. The van der Waals surface area contributed by atoms with Crippen molar-refractivity contribution in [1.29, 1.82) is 4.78 Å². The van der Waals surface area contributed by atoms with Crippen molar-refractivity contribution < 1.29 is 27.4 Å². The standard InChI is InChI=1S/C21H24F3N5O3S/c1-33(25,32)15-8-14(4-7-29(15)31)26-19(30)18-16(21(22,23)24)17(13-2-3-13)27-28(18)11-12-9-20(10-12)5-6-20/h4,7-8,12-13,25,31H,2-3,5-6,9-11H2,1H3. The quantitative estimate of drug-likeness (QED) is 0.630. The van der Waals surface area contributed by atoms with Gasteiger partial charge in [0.05, 0.1) is 20.8 Å². The van der Waals surface area contributed by atoms with Gasteiger partial charge in [0, 0.05) is 31.0 Å². The Bertz CT molecular complexity index is 1310. The first-order valence-corrected chi connectivity index (χ1v) is 12.8. The van der Waals surface area contributed by atoms with Gasteiger partial charge >= 0.3 is 6.18 Å². The molecule has 3 aliphatic carbocycles. The van der Waals surface area contributed by atoms with Crippen LogP contribution in [0.5, 0.6) is 0 Å². The topological polar surface area (TPSA) is 113 Å². The summed E-state index contributed by atoms with van der Waals surface area (Å²) in [6, 6.07) is 2.26. The molecular weight excluding hydrogens is 459 g/mol. The SMILES string of the molecule is CS(=N)(=O)c1cc(=NC(=O)c2c(C(F)(F)F)c(C3CC3)nn2CC2CC3(CC3)C2)ccn1O. The molecular formula is C21H24F3N5O3S. The van der Waals surface area contributed by atoms with Crippen molar-refractivity contribution in [3.8, 4) is 0 Å². The Balaban J connectivity index is 1.58. The zero-order valence-corrected chi connectivity index (χ0v) is 18.7. The normalized spacial score (nSPS) is 22.2. The predicted molar refractivity (Wildman–Crippen MR) is 110 cm³/mol. The molecule has 33 heavy (non-hydrogen) atoms. The average molecular weight is 484 g/mol. The smallest absolute Gasteiger partial charge is 0.420 e. The molecule has 2 aromatic heterocycles. The van der Waals surface area contributed by atoms with E-state index in [0.717, 1.165) is 44.2 Å². The van der Waals surface area contributed by atoms with E-state index in [4.69, 9.17) is 4.78 Å². The maximum Gasteiger partial charge on any atom is 0.420 e. The summed E-state index contributed by atoms with van der Waals surface area (Å²) in [4.78, 5) is 16.9. The molecule has 0 aliphatic heterocycles. The molecule has 3 saturated carbocycles. The number of carbonyl (C=O) groups is 1. The van der Waals surface area contributed by atoms with E-state index in [1.807, 2.05) is 0 Å². The molecule has 1 unspecified atom stereocenters. The van der Waals surface area contributed by atoms with Crippen LogP contribution < -0.4 is 5.36 Å². The van der Waals surface area contributed by atoms with Crippen molar-refractivity contribution in [3.63, 3.8) is 0 Å². The number of pyridine rings is 1. The molecule has 2 heterocycles. The first kappa shape index (κ1) is 22.2. The lowest BCUT2D eigenvalue weighted by atomic mass is 9.72. The summed E-state index contributed by atoms with van der Waals surface area (Å²) >= 11 is 0. The van der Waals surface area contributed by atoms with Gasteiger partial charge in [-0.3, -0.25) is 9.48 Å². The maximum absolute atomic E-state index is 14.1. The highest BCUT2D eigenvalue weighted by Gasteiger charge is 2.53. The second-order valence-corrected chi connectivity index (χ2v) is 11.8. The Morgan fingerprint density at radius 1 is 1.36 bits per heavy atom. The van der Waals surface area contributed by atoms with Gasteiger partial charge in [-0.15, -0.1) is 0 Å². The van der Waals surface area contributed by atoms with E-state index >= 15 is 0 Å². The van der Waals surface area contributed by atoms with E-state index in [0.29, 0.717) is 23.0 Å². The second kappa shape index (κ2) is 7.18. The zero-order chi connectivity index (χ0) is 23.8. The van der Waals surface area contributed by atoms with Crippen molar-refractivity contribution in [1.82, 2.24) is 14.5 Å². The van der Waals surface area contributed by atoms with Crippen molar-refractivity contribution in [2.45, 2.75) is 62.2 Å². The van der Waals surface area contributed by atoms with Gasteiger partial charge in [0.25, 0.3) is 5.91 Å². The number of amides is 1. The summed E-state index contributed by atoms with van der Waals surface area (Å²) in [7, 11) is -3.37. The fourth-order valence-corrected chi connectivity index (χ4v) is 5.63. The lowest BCUT2D eigenvalue weighted by Gasteiger charge is -2.35. The molecule has 3 aliphatic rings.